The van der Waals surface area contributed by atoms with Gasteiger partial charge in [-0.1, -0.05) is 0 Å². The fourth-order valence-corrected chi connectivity index (χ4v) is 5.13. The van der Waals surface area contributed by atoms with Crippen molar-refractivity contribution in [2.45, 2.75) is 12.6 Å². The number of piperazine rings is 1. The highest BCUT2D eigenvalue weighted by Crippen LogP contribution is 2.31. The van der Waals surface area contributed by atoms with Crippen LogP contribution in [0.4, 0.5) is 0 Å². The fraction of sp³-hybridized carbons (Fsp3) is 0.429. The second kappa shape index (κ2) is 9.13. The molecular formula is C21H25I2N3O2. The van der Waals surface area contributed by atoms with Crippen molar-refractivity contribution in [3.05, 3.63) is 43.5 Å². The van der Waals surface area contributed by atoms with Crippen LogP contribution in [-0.4, -0.2) is 76.6 Å². The molecule has 0 unspecified atom stereocenters. The van der Waals surface area contributed by atoms with E-state index in [0.29, 0.717) is 13.1 Å². The van der Waals surface area contributed by atoms with Gasteiger partial charge in [0.05, 0.1) is 19.3 Å². The molecule has 1 atom stereocenters. The molecule has 4 rings (SSSR count). The molecule has 2 heterocycles. The standard InChI is InChI=1S/C21H25I2N3O2/c22-15-1-3-20-18(11-15)19-12-16(23)2-4-21(19)26(20)14-17(28)13-25-7-5-24(6-8-25)9-10-27/h1-4,11-12,17,27-28H,5-10,13-14H2/t17-/m0/s1. The summed E-state index contributed by atoms with van der Waals surface area (Å²) in [7, 11) is 0. The highest BCUT2D eigenvalue weighted by molar-refractivity contribution is 14.1. The van der Waals surface area contributed by atoms with Gasteiger partial charge in [0.25, 0.3) is 0 Å². The number of aliphatic hydroxyl groups is 2. The number of aliphatic hydroxyl groups excluding tert-OH is 2. The SMILES string of the molecule is OCCN1CCN(C[C@H](O)Cn2c3ccc(I)cc3c3cc(I)ccc32)CC1. The zero-order chi connectivity index (χ0) is 19.7. The first-order chi connectivity index (χ1) is 13.5. The number of nitrogens with zero attached hydrogens (tertiary/aromatic N) is 3. The summed E-state index contributed by atoms with van der Waals surface area (Å²) in [6.45, 7) is 6.05. The van der Waals surface area contributed by atoms with Crippen molar-refractivity contribution < 1.29 is 10.2 Å². The molecule has 2 N–H and O–H groups in total. The van der Waals surface area contributed by atoms with E-state index >= 15 is 0 Å². The zero-order valence-corrected chi connectivity index (χ0v) is 20.0. The summed E-state index contributed by atoms with van der Waals surface area (Å²) >= 11 is 4.72. The Bertz CT molecular complexity index is 908. The van der Waals surface area contributed by atoms with E-state index in [1.807, 2.05) is 0 Å². The number of rotatable bonds is 6. The van der Waals surface area contributed by atoms with Crippen molar-refractivity contribution in [1.29, 1.82) is 0 Å². The van der Waals surface area contributed by atoms with Gasteiger partial charge in [0.2, 0.25) is 0 Å². The summed E-state index contributed by atoms with van der Waals surface area (Å²) in [5.41, 5.74) is 2.37. The zero-order valence-electron chi connectivity index (χ0n) is 15.7. The largest absolute Gasteiger partial charge is 0.395 e. The minimum absolute atomic E-state index is 0.217. The van der Waals surface area contributed by atoms with Crippen LogP contribution in [0, 0.1) is 7.14 Å². The average molecular weight is 605 g/mol. The van der Waals surface area contributed by atoms with Crippen LogP contribution >= 0.6 is 45.2 Å². The van der Waals surface area contributed by atoms with Crippen LogP contribution < -0.4 is 0 Å². The highest BCUT2D eigenvalue weighted by atomic mass is 127. The van der Waals surface area contributed by atoms with Crippen molar-refractivity contribution >= 4 is 67.0 Å². The number of aromatic nitrogens is 1. The first-order valence-electron chi connectivity index (χ1n) is 9.66. The Hall–Kier alpha value is -0.460. The molecule has 1 aromatic heterocycles. The molecule has 5 nitrogen and oxygen atoms in total. The monoisotopic (exact) mass is 605 g/mol. The highest BCUT2D eigenvalue weighted by Gasteiger charge is 2.20. The predicted octanol–water partition coefficient (Wildman–Crippen LogP) is 2.97. The number of β-amino-alcohol motifs (C(OH)–C–C–N with tert-alkyl or cyclic N) is 2. The summed E-state index contributed by atoms with van der Waals surface area (Å²) in [6, 6.07) is 13.1. The minimum atomic E-state index is -0.415. The number of hydrogen-bond acceptors (Lipinski definition) is 4. The molecule has 0 radical (unpaired) electrons. The molecule has 0 spiro atoms. The third kappa shape index (κ3) is 4.49. The van der Waals surface area contributed by atoms with Crippen molar-refractivity contribution in [2.24, 2.45) is 0 Å². The van der Waals surface area contributed by atoms with Gasteiger partial charge in [0.1, 0.15) is 0 Å². The summed E-state index contributed by atoms with van der Waals surface area (Å²) in [4.78, 5) is 4.61. The third-order valence-corrected chi connectivity index (χ3v) is 6.87. The Morgan fingerprint density at radius 2 is 1.36 bits per heavy atom. The van der Waals surface area contributed by atoms with E-state index in [1.165, 1.54) is 28.9 Å². The molecule has 150 valence electrons. The Balaban J connectivity index is 1.54. The Morgan fingerprint density at radius 3 is 1.89 bits per heavy atom. The molecule has 0 saturated carbocycles. The normalized spacial score (nSPS) is 17.6. The topological polar surface area (TPSA) is 51.9 Å². The molecule has 0 bridgehead atoms. The van der Waals surface area contributed by atoms with Gasteiger partial charge < -0.3 is 14.8 Å². The van der Waals surface area contributed by atoms with Crippen LogP contribution in [-0.2, 0) is 6.54 Å². The molecule has 1 aliphatic heterocycles. The quantitative estimate of drug-likeness (QED) is 0.425. The first-order valence-corrected chi connectivity index (χ1v) is 11.8. The summed E-state index contributed by atoms with van der Waals surface area (Å²) in [6.07, 6.45) is -0.415. The smallest absolute Gasteiger partial charge is 0.0845 e. The maximum atomic E-state index is 10.9. The van der Waals surface area contributed by atoms with Crippen molar-refractivity contribution in [2.75, 3.05) is 45.9 Å². The summed E-state index contributed by atoms with van der Waals surface area (Å²) in [5.74, 6) is 0. The van der Waals surface area contributed by atoms with Crippen molar-refractivity contribution in [3.8, 4) is 0 Å². The Labute approximate surface area is 192 Å². The molecule has 1 fully saturated rings. The lowest BCUT2D eigenvalue weighted by molar-refractivity contribution is 0.0601. The molecule has 0 amide bonds. The lowest BCUT2D eigenvalue weighted by atomic mass is 10.2. The van der Waals surface area contributed by atoms with Gasteiger partial charge in [-0.05, 0) is 81.6 Å². The van der Waals surface area contributed by atoms with Crippen LogP contribution in [0.1, 0.15) is 0 Å². The van der Waals surface area contributed by atoms with E-state index in [-0.39, 0.29) is 6.61 Å². The molecular weight excluding hydrogens is 580 g/mol. The maximum Gasteiger partial charge on any atom is 0.0845 e. The van der Waals surface area contributed by atoms with Gasteiger partial charge in [0, 0.05) is 68.2 Å². The van der Waals surface area contributed by atoms with Crippen molar-refractivity contribution in [1.82, 2.24) is 14.4 Å². The van der Waals surface area contributed by atoms with Gasteiger partial charge in [-0.2, -0.15) is 0 Å². The second-order valence-electron chi connectivity index (χ2n) is 7.45. The number of hydrogen-bond donors (Lipinski definition) is 2. The van der Waals surface area contributed by atoms with Gasteiger partial charge in [-0.15, -0.1) is 0 Å². The molecule has 7 heteroatoms. The van der Waals surface area contributed by atoms with Crippen LogP contribution in [0.15, 0.2) is 36.4 Å². The average Bonchev–Trinajstić information content (AvgIpc) is 2.96. The molecule has 3 aromatic rings. The van der Waals surface area contributed by atoms with Crippen molar-refractivity contribution in [3.63, 3.8) is 0 Å². The molecule has 1 saturated heterocycles. The van der Waals surface area contributed by atoms with Crippen LogP contribution in [0.5, 0.6) is 0 Å². The predicted molar refractivity (Wildman–Crippen MR) is 131 cm³/mol. The number of fused-ring (bicyclic) bond motifs is 3. The second-order valence-corrected chi connectivity index (χ2v) is 9.94. The first kappa shape index (κ1) is 20.8. The van der Waals surface area contributed by atoms with E-state index in [0.717, 1.165) is 32.7 Å². The Kier molecular flexibility index (Phi) is 6.78. The molecule has 1 aliphatic rings. The van der Waals surface area contributed by atoms with Gasteiger partial charge in [0.15, 0.2) is 0 Å². The maximum absolute atomic E-state index is 10.9. The number of benzene rings is 2. The van der Waals surface area contributed by atoms with E-state index in [9.17, 15) is 5.11 Å². The van der Waals surface area contributed by atoms with Crippen LogP contribution in [0.25, 0.3) is 21.8 Å². The van der Waals surface area contributed by atoms with Gasteiger partial charge in [-0.25, -0.2) is 0 Å². The molecule has 28 heavy (non-hydrogen) atoms. The Morgan fingerprint density at radius 1 is 0.821 bits per heavy atom. The lowest BCUT2D eigenvalue weighted by Crippen LogP contribution is -2.49. The van der Waals surface area contributed by atoms with E-state index in [1.54, 1.807) is 0 Å². The third-order valence-electron chi connectivity index (χ3n) is 5.53. The van der Waals surface area contributed by atoms with E-state index in [2.05, 4.69) is 95.9 Å². The van der Waals surface area contributed by atoms with Gasteiger partial charge in [-0.3, -0.25) is 9.80 Å². The summed E-state index contributed by atoms with van der Waals surface area (Å²) in [5, 5.41) is 22.4. The molecule has 2 aromatic carbocycles. The lowest BCUT2D eigenvalue weighted by Gasteiger charge is -2.35. The fourth-order valence-electron chi connectivity index (χ4n) is 4.15. The van der Waals surface area contributed by atoms with Crippen LogP contribution in [0.3, 0.4) is 0 Å². The van der Waals surface area contributed by atoms with Gasteiger partial charge >= 0.3 is 0 Å². The van der Waals surface area contributed by atoms with E-state index < -0.39 is 6.10 Å². The molecule has 0 aliphatic carbocycles. The number of halogens is 2. The summed E-state index contributed by atoms with van der Waals surface area (Å²) < 4.78 is 4.72. The van der Waals surface area contributed by atoms with E-state index in [4.69, 9.17) is 5.11 Å². The minimum Gasteiger partial charge on any atom is -0.395 e. The van der Waals surface area contributed by atoms with Crippen LogP contribution in [0.2, 0.25) is 0 Å².